The smallest absolute Gasteiger partial charge is 0.337 e. The molecule has 1 fully saturated rings. The highest BCUT2D eigenvalue weighted by Crippen LogP contribution is 2.41. The summed E-state index contributed by atoms with van der Waals surface area (Å²) in [5, 5.41) is 3.99. The predicted molar refractivity (Wildman–Crippen MR) is 135 cm³/mol. The fraction of sp³-hybridized carbons (Fsp3) is 0.308. The lowest BCUT2D eigenvalue weighted by Gasteiger charge is -2.28. The number of hydrogen-bond donors (Lipinski definition) is 1. The first-order valence-corrected chi connectivity index (χ1v) is 11.7. The summed E-state index contributed by atoms with van der Waals surface area (Å²) < 4.78 is 11.8. The third-order valence-corrected chi connectivity index (χ3v) is 6.67. The molecule has 2 aromatic heterocycles. The van der Waals surface area contributed by atoms with Gasteiger partial charge in [-0.15, -0.1) is 0 Å². The van der Waals surface area contributed by atoms with Gasteiger partial charge in [0.15, 0.2) is 5.11 Å². The van der Waals surface area contributed by atoms with E-state index in [1.165, 1.54) is 14.2 Å². The molecule has 1 N–H and O–H groups in total. The van der Waals surface area contributed by atoms with Gasteiger partial charge in [0, 0.05) is 29.8 Å². The van der Waals surface area contributed by atoms with Gasteiger partial charge >= 0.3 is 11.9 Å². The number of benzene rings is 1. The first-order chi connectivity index (χ1) is 16.8. The average molecular weight is 493 g/mol. The first kappa shape index (κ1) is 24.4. The number of esters is 2. The van der Waals surface area contributed by atoms with Gasteiger partial charge in [0.05, 0.1) is 44.0 Å². The highest BCUT2D eigenvalue weighted by molar-refractivity contribution is 7.80. The third kappa shape index (κ3) is 4.77. The van der Waals surface area contributed by atoms with Crippen molar-refractivity contribution in [3.63, 3.8) is 0 Å². The highest BCUT2D eigenvalue weighted by atomic mass is 32.1. The SMILES string of the molecule is COC(=O)CCN1C(=S)N[C@@H](c2ccccn2)[C@@H]1c1cc(C)n(-c2ccc(C(=O)OC)cc2)c1C. The molecule has 0 spiro atoms. The molecule has 0 saturated carbocycles. The maximum absolute atomic E-state index is 11.9. The molecular formula is C26H28N4O4S. The lowest BCUT2D eigenvalue weighted by atomic mass is 9.96. The molecule has 2 atom stereocenters. The van der Waals surface area contributed by atoms with E-state index in [2.05, 4.69) is 27.9 Å². The molecule has 0 unspecified atom stereocenters. The average Bonchev–Trinajstić information content (AvgIpc) is 3.36. The number of aromatic nitrogens is 2. The molecule has 182 valence electrons. The van der Waals surface area contributed by atoms with Crippen molar-refractivity contribution in [2.75, 3.05) is 20.8 Å². The first-order valence-electron chi connectivity index (χ1n) is 11.3. The molecule has 1 saturated heterocycles. The zero-order chi connectivity index (χ0) is 25.1. The van der Waals surface area contributed by atoms with Crippen LogP contribution in [0.5, 0.6) is 0 Å². The zero-order valence-electron chi connectivity index (χ0n) is 20.1. The predicted octanol–water partition coefficient (Wildman–Crippen LogP) is 3.81. The molecule has 35 heavy (non-hydrogen) atoms. The van der Waals surface area contributed by atoms with Crippen LogP contribution in [0.25, 0.3) is 5.69 Å². The topological polar surface area (TPSA) is 85.7 Å². The number of hydrogen-bond acceptors (Lipinski definition) is 6. The summed E-state index contributed by atoms with van der Waals surface area (Å²) in [4.78, 5) is 30.4. The van der Waals surface area contributed by atoms with Crippen LogP contribution in [-0.4, -0.2) is 52.3 Å². The van der Waals surface area contributed by atoms with Crippen LogP contribution in [0.2, 0.25) is 0 Å². The molecule has 8 nitrogen and oxygen atoms in total. The molecule has 1 aliphatic rings. The van der Waals surface area contributed by atoms with E-state index in [-0.39, 0.29) is 30.4 Å². The summed E-state index contributed by atoms with van der Waals surface area (Å²) in [5.41, 5.74) is 5.44. The van der Waals surface area contributed by atoms with E-state index in [1.807, 2.05) is 42.2 Å². The number of carbonyl (C=O) groups excluding carboxylic acids is 2. The molecule has 0 aliphatic carbocycles. The second-order valence-electron chi connectivity index (χ2n) is 8.35. The van der Waals surface area contributed by atoms with E-state index in [0.717, 1.165) is 28.3 Å². The number of pyridine rings is 1. The molecule has 0 amide bonds. The van der Waals surface area contributed by atoms with Crippen LogP contribution in [0.3, 0.4) is 0 Å². The Labute approximate surface area is 209 Å². The number of carbonyl (C=O) groups is 2. The molecule has 1 aliphatic heterocycles. The molecule has 9 heteroatoms. The van der Waals surface area contributed by atoms with Crippen molar-refractivity contribution >= 4 is 29.3 Å². The van der Waals surface area contributed by atoms with Crippen molar-refractivity contribution < 1.29 is 19.1 Å². The number of aryl methyl sites for hydroxylation is 1. The Morgan fingerprint density at radius 1 is 1.09 bits per heavy atom. The van der Waals surface area contributed by atoms with Crippen LogP contribution in [-0.2, 0) is 14.3 Å². The van der Waals surface area contributed by atoms with E-state index < -0.39 is 0 Å². The van der Waals surface area contributed by atoms with Crippen molar-refractivity contribution in [2.45, 2.75) is 32.4 Å². The quantitative estimate of drug-likeness (QED) is 0.394. The molecule has 3 aromatic rings. The number of rotatable bonds is 7. The summed E-state index contributed by atoms with van der Waals surface area (Å²) in [6, 6.07) is 14.9. The molecule has 4 rings (SSSR count). The van der Waals surface area contributed by atoms with Crippen LogP contribution in [0, 0.1) is 13.8 Å². The van der Waals surface area contributed by atoms with Crippen LogP contribution in [0.1, 0.15) is 51.5 Å². The second kappa shape index (κ2) is 10.3. The fourth-order valence-electron chi connectivity index (χ4n) is 4.65. The monoisotopic (exact) mass is 492 g/mol. The van der Waals surface area contributed by atoms with Crippen molar-refractivity contribution in [2.24, 2.45) is 0 Å². The molecule has 3 heterocycles. The van der Waals surface area contributed by atoms with Gasteiger partial charge in [0.1, 0.15) is 0 Å². The summed E-state index contributed by atoms with van der Waals surface area (Å²) in [6.45, 7) is 4.52. The molecule has 0 bridgehead atoms. The van der Waals surface area contributed by atoms with Gasteiger partial charge in [-0.05, 0) is 74.1 Å². The van der Waals surface area contributed by atoms with Crippen LogP contribution in [0.4, 0.5) is 0 Å². The number of thiocarbonyl (C=S) groups is 1. The lowest BCUT2D eigenvalue weighted by molar-refractivity contribution is -0.140. The van der Waals surface area contributed by atoms with Gasteiger partial charge in [-0.25, -0.2) is 4.79 Å². The van der Waals surface area contributed by atoms with Gasteiger partial charge in [0.2, 0.25) is 0 Å². The number of nitrogens with one attached hydrogen (secondary N) is 1. The number of ether oxygens (including phenoxy) is 2. The Morgan fingerprint density at radius 3 is 2.46 bits per heavy atom. The van der Waals surface area contributed by atoms with Gasteiger partial charge in [0.25, 0.3) is 0 Å². The molecule has 1 aromatic carbocycles. The maximum atomic E-state index is 11.9. The van der Waals surface area contributed by atoms with Crippen LogP contribution < -0.4 is 5.32 Å². The van der Waals surface area contributed by atoms with Crippen LogP contribution >= 0.6 is 12.2 Å². The largest absolute Gasteiger partial charge is 0.469 e. The Morgan fingerprint density at radius 2 is 1.83 bits per heavy atom. The highest BCUT2D eigenvalue weighted by Gasteiger charge is 2.41. The Hall–Kier alpha value is -3.72. The summed E-state index contributed by atoms with van der Waals surface area (Å²) in [5.74, 6) is -0.660. The second-order valence-corrected chi connectivity index (χ2v) is 8.73. The Bertz CT molecular complexity index is 1240. The van der Waals surface area contributed by atoms with E-state index >= 15 is 0 Å². The van der Waals surface area contributed by atoms with E-state index in [4.69, 9.17) is 21.7 Å². The summed E-state index contributed by atoms with van der Waals surface area (Å²) >= 11 is 5.69. The molecular weight excluding hydrogens is 464 g/mol. The Balaban J connectivity index is 1.76. The lowest BCUT2D eigenvalue weighted by Crippen LogP contribution is -2.32. The third-order valence-electron chi connectivity index (χ3n) is 6.32. The van der Waals surface area contributed by atoms with Crippen LogP contribution in [0.15, 0.2) is 54.7 Å². The van der Waals surface area contributed by atoms with Gasteiger partial charge in [-0.3, -0.25) is 9.78 Å². The number of nitrogens with zero attached hydrogens (tertiary/aromatic N) is 3. The van der Waals surface area contributed by atoms with Gasteiger partial charge in [-0.2, -0.15) is 0 Å². The standard InChI is InChI=1S/C26H28N4O4S/c1-16-15-20(17(2)30(16)19-10-8-18(9-11-19)25(32)34-4)24-23(21-7-5-6-13-27-21)28-26(35)29(24)14-12-22(31)33-3/h5-11,13,15,23-24H,12,14H2,1-4H3,(H,28,35)/t23-,24-/m0/s1. The maximum Gasteiger partial charge on any atom is 0.337 e. The minimum atomic E-state index is -0.372. The normalized spacial score (nSPS) is 17.3. The minimum absolute atomic E-state index is 0.170. The zero-order valence-corrected chi connectivity index (χ0v) is 21.0. The number of methoxy groups -OCH3 is 2. The van der Waals surface area contributed by atoms with E-state index in [0.29, 0.717) is 17.2 Å². The van der Waals surface area contributed by atoms with E-state index in [1.54, 1.807) is 18.3 Å². The Kier molecular flexibility index (Phi) is 7.16. The van der Waals surface area contributed by atoms with Gasteiger partial charge in [-0.1, -0.05) is 6.07 Å². The van der Waals surface area contributed by atoms with E-state index in [9.17, 15) is 9.59 Å². The summed E-state index contributed by atoms with van der Waals surface area (Å²) in [6.07, 6.45) is 1.98. The van der Waals surface area contributed by atoms with Gasteiger partial charge < -0.3 is 24.3 Å². The minimum Gasteiger partial charge on any atom is -0.469 e. The fourth-order valence-corrected chi connectivity index (χ4v) is 4.98. The van der Waals surface area contributed by atoms with Crippen molar-refractivity contribution in [3.8, 4) is 5.69 Å². The summed E-state index contributed by atoms with van der Waals surface area (Å²) in [7, 11) is 2.75. The van der Waals surface area contributed by atoms with Crippen molar-refractivity contribution in [3.05, 3.63) is 82.9 Å². The van der Waals surface area contributed by atoms with Crippen molar-refractivity contribution in [1.82, 2.24) is 19.8 Å². The molecule has 0 radical (unpaired) electrons. The van der Waals surface area contributed by atoms with Crippen molar-refractivity contribution in [1.29, 1.82) is 0 Å².